The molecule has 0 aromatic heterocycles. The molecule has 0 aliphatic carbocycles. The third-order valence-corrected chi connectivity index (χ3v) is 4.23. The van der Waals surface area contributed by atoms with Crippen molar-refractivity contribution in [3.05, 3.63) is 35.4 Å². The Labute approximate surface area is 111 Å². The van der Waals surface area contributed by atoms with E-state index in [0.717, 1.165) is 12.3 Å². The van der Waals surface area contributed by atoms with E-state index in [1.807, 2.05) is 0 Å². The number of nitrogens with zero attached hydrogens (tertiary/aromatic N) is 1. The Kier molecular flexibility index (Phi) is 4.41. The summed E-state index contributed by atoms with van der Waals surface area (Å²) in [5.41, 5.74) is 9.19. The first-order valence-corrected chi connectivity index (χ1v) is 7.18. The normalized spacial score (nSPS) is 24.1. The minimum Gasteiger partial charge on any atom is -0.326 e. The van der Waals surface area contributed by atoms with Crippen LogP contribution in [0.1, 0.15) is 43.9 Å². The Bertz CT molecular complexity index is 388. The minimum absolute atomic E-state index is 0.233. The number of aryl methyl sites for hydroxylation is 1. The molecule has 0 bridgehead atoms. The molecule has 2 N–H and O–H groups in total. The Balaban J connectivity index is 2.28. The van der Waals surface area contributed by atoms with Gasteiger partial charge in [0.15, 0.2) is 0 Å². The molecule has 1 aliphatic rings. The monoisotopic (exact) mass is 246 g/mol. The second-order valence-electron chi connectivity index (χ2n) is 5.76. The molecule has 0 saturated carbocycles. The van der Waals surface area contributed by atoms with E-state index in [-0.39, 0.29) is 6.04 Å². The van der Waals surface area contributed by atoms with E-state index < -0.39 is 0 Å². The summed E-state index contributed by atoms with van der Waals surface area (Å²) in [6.45, 7) is 9.10. The third kappa shape index (κ3) is 2.76. The molecule has 0 amide bonds. The number of rotatable bonds is 4. The first-order chi connectivity index (χ1) is 8.63. The smallest absolute Gasteiger partial charge is 0.0501 e. The molecule has 1 aromatic carbocycles. The highest BCUT2D eigenvalue weighted by Crippen LogP contribution is 2.32. The molecule has 18 heavy (non-hydrogen) atoms. The maximum atomic E-state index is 6.40. The van der Waals surface area contributed by atoms with Crippen molar-refractivity contribution in [2.24, 2.45) is 11.7 Å². The van der Waals surface area contributed by atoms with Crippen molar-refractivity contribution >= 4 is 0 Å². The fourth-order valence-electron chi connectivity index (χ4n) is 3.06. The zero-order chi connectivity index (χ0) is 13.1. The van der Waals surface area contributed by atoms with Crippen molar-refractivity contribution in [3.63, 3.8) is 0 Å². The lowest BCUT2D eigenvalue weighted by atomic mass is 9.93. The first kappa shape index (κ1) is 13.6. The molecule has 100 valence electrons. The van der Waals surface area contributed by atoms with Gasteiger partial charge in [0.1, 0.15) is 0 Å². The number of nitrogens with two attached hydrogens (primary N) is 1. The van der Waals surface area contributed by atoms with E-state index in [1.165, 1.54) is 30.6 Å². The molecule has 0 radical (unpaired) electrons. The lowest BCUT2D eigenvalue weighted by Crippen LogP contribution is -2.40. The summed E-state index contributed by atoms with van der Waals surface area (Å²) in [7, 11) is 0. The standard InChI is InChI=1S/C16H26N2/c1-4-15(17)16(18-10-9-12(2)11-18)14-8-6-5-7-13(14)3/h5-8,12,15-16H,4,9-11,17H2,1-3H3. The Morgan fingerprint density at radius 2 is 2.11 bits per heavy atom. The maximum Gasteiger partial charge on any atom is 0.0501 e. The van der Waals surface area contributed by atoms with E-state index in [1.54, 1.807) is 0 Å². The second-order valence-corrected chi connectivity index (χ2v) is 5.76. The van der Waals surface area contributed by atoms with Gasteiger partial charge in [0.25, 0.3) is 0 Å². The van der Waals surface area contributed by atoms with Crippen LogP contribution in [0.5, 0.6) is 0 Å². The third-order valence-electron chi connectivity index (χ3n) is 4.23. The van der Waals surface area contributed by atoms with Crippen LogP contribution >= 0.6 is 0 Å². The molecule has 2 heteroatoms. The van der Waals surface area contributed by atoms with Crippen LogP contribution in [0.2, 0.25) is 0 Å². The van der Waals surface area contributed by atoms with Crippen LogP contribution in [0.4, 0.5) is 0 Å². The molecule has 1 fully saturated rings. The fourth-order valence-corrected chi connectivity index (χ4v) is 3.06. The van der Waals surface area contributed by atoms with E-state index in [4.69, 9.17) is 5.73 Å². The zero-order valence-electron chi connectivity index (χ0n) is 11.9. The summed E-state index contributed by atoms with van der Waals surface area (Å²) in [5.74, 6) is 0.806. The van der Waals surface area contributed by atoms with Gasteiger partial charge >= 0.3 is 0 Å². The lowest BCUT2D eigenvalue weighted by molar-refractivity contribution is 0.203. The molecule has 0 spiro atoms. The molecule has 2 nitrogen and oxygen atoms in total. The Hall–Kier alpha value is -0.860. The van der Waals surface area contributed by atoms with Gasteiger partial charge in [-0.25, -0.2) is 0 Å². The van der Waals surface area contributed by atoms with Crippen LogP contribution in [-0.4, -0.2) is 24.0 Å². The summed E-state index contributed by atoms with van der Waals surface area (Å²) >= 11 is 0. The zero-order valence-corrected chi connectivity index (χ0v) is 11.9. The van der Waals surface area contributed by atoms with Crippen LogP contribution in [0, 0.1) is 12.8 Å². The van der Waals surface area contributed by atoms with Gasteiger partial charge in [0.05, 0.1) is 6.04 Å². The maximum absolute atomic E-state index is 6.40. The molecule has 1 saturated heterocycles. The van der Waals surface area contributed by atoms with E-state index in [2.05, 4.69) is 49.9 Å². The number of benzene rings is 1. The summed E-state index contributed by atoms with van der Waals surface area (Å²) in [4.78, 5) is 2.58. The van der Waals surface area contributed by atoms with Crippen molar-refractivity contribution in [2.75, 3.05) is 13.1 Å². The molecule has 3 atom stereocenters. The van der Waals surface area contributed by atoms with Gasteiger partial charge in [-0.15, -0.1) is 0 Å². The highest BCUT2D eigenvalue weighted by Gasteiger charge is 2.31. The second kappa shape index (κ2) is 5.85. The summed E-state index contributed by atoms with van der Waals surface area (Å²) in [5, 5.41) is 0. The largest absolute Gasteiger partial charge is 0.326 e. The molecule has 1 aliphatic heterocycles. The molecule has 2 rings (SSSR count). The summed E-state index contributed by atoms with van der Waals surface area (Å²) in [6, 6.07) is 9.32. The van der Waals surface area contributed by atoms with Crippen LogP contribution in [0.25, 0.3) is 0 Å². The number of hydrogen-bond acceptors (Lipinski definition) is 2. The Morgan fingerprint density at radius 3 is 2.67 bits per heavy atom. The van der Waals surface area contributed by atoms with Gasteiger partial charge < -0.3 is 5.73 Å². The summed E-state index contributed by atoms with van der Waals surface area (Å²) < 4.78 is 0. The van der Waals surface area contributed by atoms with Crippen LogP contribution in [0.3, 0.4) is 0 Å². The molecule has 3 unspecified atom stereocenters. The van der Waals surface area contributed by atoms with Crippen molar-refractivity contribution < 1.29 is 0 Å². The van der Waals surface area contributed by atoms with Crippen molar-refractivity contribution in [1.82, 2.24) is 4.90 Å². The van der Waals surface area contributed by atoms with Gasteiger partial charge in [0, 0.05) is 12.6 Å². The van der Waals surface area contributed by atoms with Gasteiger partial charge in [-0.2, -0.15) is 0 Å². The van der Waals surface area contributed by atoms with Crippen LogP contribution < -0.4 is 5.73 Å². The van der Waals surface area contributed by atoms with Gasteiger partial charge in [0.2, 0.25) is 0 Å². The summed E-state index contributed by atoms with van der Waals surface area (Å²) in [6.07, 6.45) is 2.34. The quantitative estimate of drug-likeness (QED) is 0.884. The van der Waals surface area contributed by atoms with E-state index in [9.17, 15) is 0 Å². The van der Waals surface area contributed by atoms with Crippen LogP contribution in [-0.2, 0) is 0 Å². The first-order valence-electron chi connectivity index (χ1n) is 7.18. The highest BCUT2D eigenvalue weighted by molar-refractivity contribution is 5.30. The Morgan fingerprint density at radius 1 is 1.39 bits per heavy atom. The molecular formula is C16H26N2. The molecule has 1 aromatic rings. The fraction of sp³-hybridized carbons (Fsp3) is 0.625. The average molecular weight is 246 g/mol. The van der Waals surface area contributed by atoms with Gasteiger partial charge in [-0.1, -0.05) is 38.1 Å². The van der Waals surface area contributed by atoms with E-state index >= 15 is 0 Å². The number of likely N-dealkylation sites (tertiary alicyclic amines) is 1. The topological polar surface area (TPSA) is 29.3 Å². The predicted octanol–water partition coefficient (Wildman–Crippen LogP) is 3.12. The molecular weight excluding hydrogens is 220 g/mol. The molecule has 1 heterocycles. The minimum atomic E-state index is 0.233. The highest BCUT2D eigenvalue weighted by atomic mass is 15.2. The van der Waals surface area contributed by atoms with Crippen molar-refractivity contribution in [3.8, 4) is 0 Å². The average Bonchev–Trinajstić information content (AvgIpc) is 2.78. The SMILES string of the molecule is CCC(N)C(c1ccccc1C)N1CCC(C)C1. The van der Waals surface area contributed by atoms with Crippen LogP contribution in [0.15, 0.2) is 24.3 Å². The number of hydrogen-bond donors (Lipinski definition) is 1. The van der Waals surface area contributed by atoms with Crippen molar-refractivity contribution in [1.29, 1.82) is 0 Å². The van der Waals surface area contributed by atoms with E-state index in [0.29, 0.717) is 6.04 Å². The lowest BCUT2D eigenvalue weighted by Gasteiger charge is -2.33. The van der Waals surface area contributed by atoms with Crippen molar-refractivity contribution in [2.45, 2.75) is 45.7 Å². The van der Waals surface area contributed by atoms with Gasteiger partial charge in [-0.3, -0.25) is 4.90 Å². The van der Waals surface area contributed by atoms with Gasteiger partial charge in [-0.05, 0) is 43.4 Å². The predicted molar refractivity (Wildman–Crippen MR) is 77.5 cm³/mol.